The van der Waals surface area contributed by atoms with Gasteiger partial charge in [-0.1, -0.05) is 12.1 Å². The van der Waals surface area contributed by atoms with Gasteiger partial charge in [0.25, 0.3) is 0 Å². The van der Waals surface area contributed by atoms with Gasteiger partial charge in [0.15, 0.2) is 17.6 Å². The molecule has 1 unspecified atom stereocenters. The molecule has 1 aromatic rings. The van der Waals surface area contributed by atoms with E-state index in [-0.39, 0.29) is 5.75 Å². The summed E-state index contributed by atoms with van der Waals surface area (Å²) in [7, 11) is 1.45. The van der Waals surface area contributed by atoms with E-state index < -0.39 is 18.7 Å². The van der Waals surface area contributed by atoms with Gasteiger partial charge in [-0.05, 0) is 24.1 Å². The molecular weight excluding hydrogens is 236 g/mol. The third-order valence-corrected chi connectivity index (χ3v) is 2.26. The van der Waals surface area contributed by atoms with Crippen LogP contribution in [0.4, 0.5) is 0 Å². The third-order valence-electron chi connectivity index (χ3n) is 2.26. The standard InChI is InChI=1S/C13H16O5/c1-3-4-9-5-6-11(12(7-9)17-2)18-13(16)10(15)8-14/h3,5-7,10,14-15H,1,4,8H2,2H3. The molecule has 1 aromatic carbocycles. The first-order chi connectivity index (χ1) is 8.62. The van der Waals surface area contributed by atoms with Crippen LogP contribution in [0.3, 0.4) is 0 Å². The average molecular weight is 252 g/mol. The van der Waals surface area contributed by atoms with Crippen molar-refractivity contribution >= 4 is 5.97 Å². The predicted octanol–water partition coefficient (Wildman–Crippen LogP) is 0.682. The largest absolute Gasteiger partial charge is 0.493 e. The number of esters is 1. The van der Waals surface area contributed by atoms with Crippen LogP contribution in [0.2, 0.25) is 0 Å². The lowest BCUT2D eigenvalue weighted by Gasteiger charge is -2.12. The molecule has 98 valence electrons. The lowest BCUT2D eigenvalue weighted by atomic mass is 10.1. The third kappa shape index (κ3) is 3.58. The highest BCUT2D eigenvalue weighted by Gasteiger charge is 2.18. The Kier molecular flexibility index (Phi) is 5.35. The van der Waals surface area contributed by atoms with Gasteiger partial charge in [0, 0.05) is 0 Å². The summed E-state index contributed by atoms with van der Waals surface area (Å²) in [6, 6.07) is 5.05. The van der Waals surface area contributed by atoms with Crippen molar-refractivity contribution in [3.8, 4) is 11.5 Å². The van der Waals surface area contributed by atoms with E-state index in [2.05, 4.69) is 6.58 Å². The number of methoxy groups -OCH3 is 1. The summed E-state index contributed by atoms with van der Waals surface area (Å²) in [5, 5.41) is 17.7. The zero-order valence-electron chi connectivity index (χ0n) is 10.1. The van der Waals surface area contributed by atoms with E-state index in [1.807, 2.05) is 0 Å². The lowest BCUT2D eigenvalue weighted by molar-refractivity contribution is -0.145. The summed E-state index contributed by atoms with van der Waals surface area (Å²) in [6.45, 7) is 2.94. The van der Waals surface area contributed by atoms with Gasteiger partial charge >= 0.3 is 5.97 Å². The van der Waals surface area contributed by atoms with Gasteiger partial charge in [0.2, 0.25) is 0 Å². The highest BCUT2D eigenvalue weighted by Crippen LogP contribution is 2.28. The molecule has 0 saturated carbocycles. The Bertz CT molecular complexity index is 427. The molecule has 0 amide bonds. The fraction of sp³-hybridized carbons (Fsp3) is 0.308. The minimum Gasteiger partial charge on any atom is -0.493 e. The van der Waals surface area contributed by atoms with Crippen molar-refractivity contribution in [1.82, 2.24) is 0 Å². The molecule has 5 nitrogen and oxygen atoms in total. The summed E-state index contributed by atoms with van der Waals surface area (Å²) in [6.07, 6.45) is 0.863. The number of carbonyl (C=O) groups excluding carboxylic acids is 1. The quantitative estimate of drug-likeness (QED) is 0.442. The van der Waals surface area contributed by atoms with E-state index >= 15 is 0 Å². The second kappa shape index (κ2) is 6.78. The number of aliphatic hydroxyl groups is 2. The summed E-state index contributed by atoms with van der Waals surface area (Å²) in [5.41, 5.74) is 0.962. The Balaban J connectivity index is 2.88. The molecule has 1 rings (SSSR count). The zero-order chi connectivity index (χ0) is 13.5. The summed E-state index contributed by atoms with van der Waals surface area (Å²) < 4.78 is 10.0. The highest BCUT2D eigenvalue weighted by atomic mass is 16.6. The topological polar surface area (TPSA) is 76.0 Å². The van der Waals surface area contributed by atoms with Crippen molar-refractivity contribution in [3.05, 3.63) is 36.4 Å². The van der Waals surface area contributed by atoms with Crippen LogP contribution in [-0.4, -0.2) is 36.0 Å². The number of ether oxygens (including phenoxy) is 2. The molecule has 18 heavy (non-hydrogen) atoms. The number of hydrogen-bond acceptors (Lipinski definition) is 5. The maximum atomic E-state index is 11.3. The number of hydrogen-bond donors (Lipinski definition) is 2. The fourth-order valence-electron chi connectivity index (χ4n) is 1.34. The van der Waals surface area contributed by atoms with Crippen molar-refractivity contribution in [2.75, 3.05) is 13.7 Å². The average Bonchev–Trinajstić information content (AvgIpc) is 2.39. The van der Waals surface area contributed by atoms with Crippen LogP contribution in [-0.2, 0) is 11.2 Å². The van der Waals surface area contributed by atoms with Crippen LogP contribution in [0, 0.1) is 0 Å². The van der Waals surface area contributed by atoms with Crippen LogP contribution in [0.5, 0.6) is 11.5 Å². The van der Waals surface area contributed by atoms with Gasteiger partial charge in [-0.15, -0.1) is 6.58 Å². The van der Waals surface area contributed by atoms with Gasteiger partial charge in [0.1, 0.15) is 0 Å². The van der Waals surface area contributed by atoms with Crippen molar-refractivity contribution in [2.45, 2.75) is 12.5 Å². The molecule has 0 aliphatic carbocycles. The molecule has 5 heteroatoms. The Morgan fingerprint density at radius 1 is 1.50 bits per heavy atom. The number of allylic oxidation sites excluding steroid dienone is 1. The van der Waals surface area contributed by atoms with Gasteiger partial charge < -0.3 is 19.7 Å². The normalized spacial score (nSPS) is 11.7. The van der Waals surface area contributed by atoms with E-state index in [9.17, 15) is 4.79 Å². The van der Waals surface area contributed by atoms with E-state index in [4.69, 9.17) is 19.7 Å². The van der Waals surface area contributed by atoms with Crippen LogP contribution < -0.4 is 9.47 Å². The second-order valence-electron chi connectivity index (χ2n) is 3.60. The van der Waals surface area contributed by atoms with Gasteiger partial charge in [-0.25, -0.2) is 4.79 Å². The minimum absolute atomic E-state index is 0.197. The van der Waals surface area contributed by atoms with Gasteiger partial charge in [-0.2, -0.15) is 0 Å². The Morgan fingerprint density at radius 3 is 2.78 bits per heavy atom. The van der Waals surface area contributed by atoms with Crippen LogP contribution in [0.1, 0.15) is 5.56 Å². The van der Waals surface area contributed by atoms with E-state index in [1.165, 1.54) is 7.11 Å². The molecule has 0 aliphatic heterocycles. The van der Waals surface area contributed by atoms with Crippen LogP contribution >= 0.6 is 0 Å². The van der Waals surface area contributed by atoms with Crippen molar-refractivity contribution in [1.29, 1.82) is 0 Å². The van der Waals surface area contributed by atoms with E-state index in [0.29, 0.717) is 12.2 Å². The maximum Gasteiger partial charge on any atom is 0.342 e. The maximum absolute atomic E-state index is 11.3. The van der Waals surface area contributed by atoms with Crippen LogP contribution in [0.25, 0.3) is 0 Å². The van der Waals surface area contributed by atoms with Gasteiger partial charge in [0.05, 0.1) is 13.7 Å². The first kappa shape index (κ1) is 14.2. The van der Waals surface area contributed by atoms with E-state index in [0.717, 1.165) is 5.56 Å². The fourth-order valence-corrected chi connectivity index (χ4v) is 1.34. The molecule has 1 atom stereocenters. The number of benzene rings is 1. The van der Waals surface area contributed by atoms with Crippen molar-refractivity contribution in [3.63, 3.8) is 0 Å². The summed E-state index contributed by atoms with van der Waals surface area (Å²) in [4.78, 5) is 11.3. The molecule has 0 radical (unpaired) electrons. The molecule has 0 spiro atoms. The Labute approximate surface area is 105 Å². The van der Waals surface area contributed by atoms with Crippen molar-refractivity contribution in [2.24, 2.45) is 0 Å². The molecule has 0 bridgehead atoms. The number of carbonyl (C=O) groups is 1. The summed E-state index contributed by atoms with van der Waals surface area (Å²) in [5.74, 6) is -0.345. The molecule has 0 heterocycles. The molecular formula is C13H16O5. The smallest absolute Gasteiger partial charge is 0.342 e. The molecule has 0 aromatic heterocycles. The minimum atomic E-state index is -1.55. The molecule has 2 N–H and O–H groups in total. The number of rotatable bonds is 6. The molecule has 0 aliphatic rings. The predicted molar refractivity (Wildman–Crippen MR) is 65.6 cm³/mol. The Morgan fingerprint density at radius 2 is 2.22 bits per heavy atom. The first-order valence-electron chi connectivity index (χ1n) is 5.40. The Hall–Kier alpha value is -1.85. The molecule has 0 fully saturated rings. The van der Waals surface area contributed by atoms with Crippen LogP contribution in [0.15, 0.2) is 30.9 Å². The first-order valence-corrected chi connectivity index (χ1v) is 5.40. The molecule has 0 saturated heterocycles. The van der Waals surface area contributed by atoms with Crippen molar-refractivity contribution < 1.29 is 24.5 Å². The van der Waals surface area contributed by atoms with E-state index in [1.54, 1.807) is 24.3 Å². The zero-order valence-corrected chi connectivity index (χ0v) is 10.1. The SMILES string of the molecule is C=CCc1ccc(OC(=O)C(O)CO)c(OC)c1. The number of aliphatic hydroxyl groups excluding tert-OH is 2. The monoisotopic (exact) mass is 252 g/mol. The second-order valence-corrected chi connectivity index (χ2v) is 3.60. The summed E-state index contributed by atoms with van der Waals surface area (Å²) >= 11 is 0. The highest BCUT2D eigenvalue weighted by molar-refractivity contribution is 5.77. The lowest BCUT2D eigenvalue weighted by Crippen LogP contribution is -2.28. The van der Waals surface area contributed by atoms with Gasteiger partial charge in [-0.3, -0.25) is 0 Å².